The Morgan fingerprint density at radius 1 is 0.933 bits per heavy atom. The third-order valence-corrected chi connectivity index (χ3v) is 4.99. The van der Waals surface area contributed by atoms with Gasteiger partial charge in [0.2, 0.25) is 5.56 Å². The summed E-state index contributed by atoms with van der Waals surface area (Å²) in [6, 6.07) is 15.3. The molecule has 2 N–H and O–H groups in total. The molecule has 0 saturated heterocycles. The van der Waals surface area contributed by atoms with Crippen molar-refractivity contribution in [3.63, 3.8) is 0 Å². The number of aryl methyl sites for hydroxylation is 2. The molecule has 4 rings (SSSR count). The minimum absolute atomic E-state index is 0.177. The van der Waals surface area contributed by atoms with Crippen LogP contribution in [0.4, 0.5) is 14.5 Å². The van der Waals surface area contributed by atoms with Gasteiger partial charge in [-0.3, -0.25) is 9.59 Å². The lowest BCUT2D eigenvalue weighted by atomic mass is 9.96. The largest absolute Gasteiger partial charge is 0.322 e. The Hall–Kier alpha value is -3.80. The molecule has 1 heterocycles. The van der Waals surface area contributed by atoms with Crippen molar-refractivity contribution in [2.45, 2.75) is 13.8 Å². The van der Waals surface area contributed by atoms with Crippen LogP contribution < -0.4 is 10.9 Å². The molecule has 0 aliphatic rings. The lowest BCUT2D eigenvalue weighted by molar-refractivity contribution is 0.102. The van der Waals surface area contributed by atoms with Gasteiger partial charge in [0, 0.05) is 22.7 Å². The molecule has 4 nitrogen and oxygen atoms in total. The molecular weight excluding hydrogens is 386 g/mol. The van der Waals surface area contributed by atoms with Crippen molar-refractivity contribution in [3.8, 4) is 11.1 Å². The van der Waals surface area contributed by atoms with Crippen LogP contribution >= 0.6 is 0 Å². The number of fused-ring (bicyclic) bond motifs is 1. The second-order valence-electron chi connectivity index (χ2n) is 7.19. The monoisotopic (exact) mass is 404 g/mol. The molecule has 1 aromatic heterocycles. The molecule has 0 spiro atoms. The third kappa shape index (κ3) is 3.72. The summed E-state index contributed by atoms with van der Waals surface area (Å²) in [5.41, 5.74) is 3.43. The zero-order valence-corrected chi connectivity index (χ0v) is 16.3. The molecule has 0 aliphatic carbocycles. The van der Waals surface area contributed by atoms with Gasteiger partial charge in [0.05, 0.1) is 5.56 Å². The third-order valence-electron chi connectivity index (χ3n) is 4.99. The lowest BCUT2D eigenvalue weighted by Crippen LogP contribution is -2.17. The van der Waals surface area contributed by atoms with E-state index in [0.717, 1.165) is 16.7 Å². The van der Waals surface area contributed by atoms with Gasteiger partial charge in [-0.05, 0) is 72.5 Å². The minimum atomic E-state index is -0.516. The number of rotatable bonds is 3. The van der Waals surface area contributed by atoms with Crippen LogP contribution in [-0.2, 0) is 0 Å². The number of aromatic amines is 1. The molecule has 4 aromatic rings. The molecule has 0 atom stereocenters. The lowest BCUT2D eigenvalue weighted by Gasteiger charge is -2.12. The van der Waals surface area contributed by atoms with Crippen LogP contribution in [0, 0.1) is 25.5 Å². The molecule has 0 fully saturated rings. The van der Waals surface area contributed by atoms with E-state index in [-0.39, 0.29) is 11.4 Å². The highest BCUT2D eigenvalue weighted by molar-refractivity contribution is 6.12. The molecule has 150 valence electrons. The summed E-state index contributed by atoms with van der Waals surface area (Å²) in [5, 5.41) is 3.16. The number of H-pyrrole nitrogens is 1. The van der Waals surface area contributed by atoms with Gasteiger partial charge in [-0.1, -0.05) is 18.2 Å². The highest BCUT2D eigenvalue weighted by Gasteiger charge is 2.14. The van der Waals surface area contributed by atoms with Gasteiger partial charge in [-0.25, -0.2) is 8.78 Å². The van der Waals surface area contributed by atoms with Crippen molar-refractivity contribution in [2.24, 2.45) is 0 Å². The highest BCUT2D eigenvalue weighted by Crippen LogP contribution is 2.29. The smallest absolute Gasteiger partial charge is 0.256 e. The number of pyridine rings is 1. The molecule has 0 unspecified atom stereocenters. The number of amides is 1. The fourth-order valence-corrected chi connectivity index (χ4v) is 3.47. The maximum atomic E-state index is 13.8. The van der Waals surface area contributed by atoms with Crippen molar-refractivity contribution in [1.29, 1.82) is 0 Å². The van der Waals surface area contributed by atoms with E-state index in [2.05, 4.69) is 10.3 Å². The van der Waals surface area contributed by atoms with E-state index in [1.165, 1.54) is 30.3 Å². The summed E-state index contributed by atoms with van der Waals surface area (Å²) in [4.78, 5) is 27.7. The Morgan fingerprint density at radius 2 is 1.73 bits per heavy atom. The minimum Gasteiger partial charge on any atom is -0.322 e. The SMILES string of the molecule is Cc1cc(-c2ccc3c(C(=O)Nc4cccc(F)c4)cc(=O)[nH]c3c2)c(C)cc1F. The van der Waals surface area contributed by atoms with Gasteiger partial charge in [0.1, 0.15) is 11.6 Å². The van der Waals surface area contributed by atoms with E-state index in [1.807, 2.05) is 13.0 Å². The van der Waals surface area contributed by atoms with Crippen LogP contribution in [0.1, 0.15) is 21.5 Å². The van der Waals surface area contributed by atoms with Crippen molar-refractivity contribution < 1.29 is 13.6 Å². The molecule has 30 heavy (non-hydrogen) atoms. The van der Waals surface area contributed by atoms with E-state index in [0.29, 0.717) is 22.2 Å². The van der Waals surface area contributed by atoms with E-state index in [9.17, 15) is 18.4 Å². The van der Waals surface area contributed by atoms with E-state index in [4.69, 9.17) is 0 Å². The zero-order valence-electron chi connectivity index (χ0n) is 16.3. The zero-order chi connectivity index (χ0) is 21.4. The number of carbonyl (C=O) groups is 1. The Labute approximate surface area is 171 Å². The van der Waals surface area contributed by atoms with Crippen molar-refractivity contribution in [2.75, 3.05) is 5.32 Å². The highest BCUT2D eigenvalue weighted by atomic mass is 19.1. The van der Waals surface area contributed by atoms with Gasteiger partial charge in [0.15, 0.2) is 0 Å². The average molecular weight is 404 g/mol. The van der Waals surface area contributed by atoms with E-state index in [1.54, 1.807) is 31.2 Å². The number of benzene rings is 3. The Morgan fingerprint density at radius 3 is 2.50 bits per heavy atom. The summed E-state index contributed by atoms with van der Waals surface area (Å²) < 4.78 is 27.2. The molecule has 0 saturated carbocycles. The van der Waals surface area contributed by atoms with Gasteiger partial charge >= 0.3 is 0 Å². The maximum absolute atomic E-state index is 13.8. The van der Waals surface area contributed by atoms with Gasteiger partial charge in [-0.2, -0.15) is 0 Å². The summed E-state index contributed by atoms with van der Waals surface area (Å²) in [6.45, 7) is 3.50. The van der Waals surface area contributed by atoms with Crippen LogP contribution in [0.25, 0.3) is 22.0 Å². The maximum Gasteiger partial charge on any atom is 0.256 e. The van der Waals surface area contributed by atoms with Crippen molar-refractivity contribution in [3.05, 3.63) is 99.3 Å². The number of nitrogens with one attached hydrogen (secondary N) is 2. The average Bonchev–Trinajstić information content (AvgIpc) is 2.69. The molecule has 0 bridgehead atoms. The first-order chi connectivity index (χ1) is 14.3. The molecule has 1 amide bonds. The Bertz CT molecular complexity index is 1360. The van der Waals surface area contributed by atoms with Crippen molar-refractivity contribution in [1.82, 2.24) is 4.98 Å². The van der Waals surface area contributed by atoms with Crippen LogP contribution in [0.5, 0.6) is 0 Å². The van der Waals surface area contributed by atoms with Crippen LogP contribution in [0.3, 0.4) is 0 Å². The fourth-order valence-electron chi connectivity index (χ4n) is 3.47. The predicted octanol–water partition coefficient (Wildman–Crippen LogP) is 5.34. The van der Waals surface area contributed by atoms with Gasteiger partial charge in [-0.15, -0.1) is 0 Å². The second-order valence-corrected chi connectivity index (χ2v) is 7.19. The molecule has 3 aromatic carbocycles. The number of halogens is 2. The predicted molar refractivity (Wildman–Crippen MR) is 114 cm³/mol. The van der Waals surface area contributed by atoms with Crippen LogP contribution in [-0.4, -0.2) is 10.9 Å². The summed E-state index contributed by atoms with van der Waals surface area (Å²) in [5.74, 6) is -1.27. The van der Waals surface area contributed by atoms with E-state index < -0.39 is 17.3 Å². The first kappa shape index (κ1) is 19.5. The van der Waals surface area contributed by atoms with Gasteiger partial charge < -0.3 is 10.3 Å². The number of hydrogen-bond acceptors (Lipinski definition) is 2. The summed E-state index contributed by atoms with van der Waals surface area (Å²) in [6.07, 6.45) is 0. The summed E-state index contributed by atoms with van der Waals surface area (Å²) >= 11 is 0. The Kier molecular flexibility index (Phi) is 4.91. The van der Waals surface area contributed by atoms with Crippen molar-refractivity contribution >= 4 is 22.5 Å². The van der Waals surface area contributed by atoms with E-state index >= 15 is 0 Å². The summed E-state index contributed by atoms with van der Waals surface area (Å²) in [7, 11) is 0. The quantitative estimate of drug-likeness (QED) is 0.484. The number of carbonyl (C=O) groups excluding carboxylic acids is 1. The molecule has 0 aliphatic heterocycles. The van der Waals surface area contributed by atoms with Crippen LogP contribution in [0.15, 0.2) is 65.5 Å². The van der Waals surface area contributed by atoms with Gasteiger partial charge in [0.25, 0.3) is 5.91 Å². The molecular formula is C24H18F2N2O2. The number of aromatic nitrogens is 1. The topological polar surface area (TPSA) is 62.0 Å². The first-order valence-corrected chi connectivity index (χ1v) is 9.33. The van der Waals surface area contributed by atoms with Crippen LogP contribution in [0.2, 0.25) is 0 Å². The number of anilines is 1. The Balaban J connectivity index is 1.79. The normalized spacial score (nSPS) is 10.9. The second kappa shape index (κ2) is 7.55. The standard InChI is InChI=1S/C24H18F2N2O2/c1-13-9-21(26)14(2)8-19(13)15-6-7-18-20(12-23(29)28-22(18)10-15)24(30)27-17-5-3-4-16(25)11-17/h3-12H,1-2H3,(H,27,30)(H,28,29). The first-order valence-electron chi connectivity index (χ1n) is 9.33. The molecule has 0 radical (unpaired) electrons. The fraction of sp³-hybridized carbons (Fsp3) is 0.0833. The number of hydrogen-bond donors (Lipinski definition) is 2. The molecule has 6 heteroatoms.